The molecule has 3 N–H and O–H groups in total. The van der Waals surface area contributed by atoms with E-state index in [1.165, 1.54) is 10.9 Å². The molecular weight excluding hydrogens is 621 g/mol. The third kappa shape index (κ3) is 5.78. The molecule has 2 saturated heterocycles. The number of halogens is 3. The third-order valence-corrected chi connectivity index (χ3v) is 8.37. The fourth-order valence-corrected chi connectivity index (χ4v) is 5.51. The van der Waals surface area contributed by atoms with Crippen LogP contribution in [-0.4, -0.2) is 68.5 Å². The molecule has 0 radical (unpaired) electrons. The van der Waals surface area contributed by atoms with Gasteiger partial charge >= 0.3 is 6.18 Å². The van der Waals surface area contributed by atoms with Gasteiger partial charge in [-0.05, 0) is 56.7 Å². The minimum absolute atomic E-state index is 0.0251. The molecule has 242 valence electrons. The number of fused-ring (bicyclic) bond motifs is 1. The quantitative estimate of drug-likeness (QED) is 0.217. The second-order valence-electron chi connectivity index (χ2n) is 12.0. The minimum Gasteiger partial charge on any atom is -0.506 e. The van der Waals surface area contributed by atoms with Crippen molar-refractivity contribution in [2.75, 3.05) is 23.3 Å². The van der Waals surface area contributed by atoms with Gasteiger partial charge in [-0.1, -0.05) is 11.8 Å². The van der Waals surface area contributed by atoms with Crippen molar-refractivity contribution in [3.63, 3.8) is 0 Å². The number of amides is 5. The highest BCUT2D eigenvalue weighted by Crippen LogP contribution is 2.36. The van der Waals surface area contributed by atoms with Crippen molar-refractivity contribution in [1.82, 2.24) is 20.0 Å². The second kappa shape index (κ2) is 11.3. The van der Waals surface area contributed by atoms with Gasteiger partial charge in [-0.2, -0.15) is 18.3 Å². The number of carbonyl (C=O) groups excluding carboxylic acids is 5. The summed E-state index contributed by atoms with van der Waals surface area (Å²) in [6.45, 7) is 4.19. The van der Waals surface area contributed by atoms with Crippen LogP contribution in [0.15, 0.2) is 48.8 Å². The molecule has 1 atom stereocenters. The summed E-state index contributed by atoms with van der Waals surface area (Å²) in [6, 6.07) is 6.13. The number of anilines is 2. The molecule has 3 aliphatic heterocycles. The van der Waals surface area contributed by atoms with Crippen LogP contribution in [0, 0.1) is 17.8 Å². The lowest BCUT2D eigenvalue weighted by molar-refractivity contribution is -0.138. The number of carbonyl (C=O) groups is 5. The minimum atomic E-state index is -4.64. The van der Waals surface area contributed by atoms with Gasteiger partial charge in [0.05, 0.1) is 40.1 Å². The first-order chi connectivity index (χ1) is 22.1. The molecule has 0 spiro atoms. The summed E-state index contributed by atoms with van der Waals surface area (Å²) in [5.41, 5.74) is -0.880. The Morgan fingerprint density at radius 1 is 1.04 bits per heavy atom. The lowest BCUT2D eigenvalue weighted by Gasteiger charge is -2.38. The number of rotatable bonds is 5. The summed E-state index contributed by atoms with van der Waals surface area (Å²) in [5.74, 6) is 2.54. The number of benzene rings is 2. The van der Waals surface area contributed by atoms with Gasteiger partial charge in [-0.15, -0.1) is 0 Å². The lowest BCUT2D eigenvalue weighted by Crippen LogP contribution is -2.54. The van der Waals surface area contributed by atoms with Gasteiger partial charge in [0.2, 0.25) is 11.8 Å². The zero-order valence-corrected chi connectivity index (χ0v) is 25.0. The lowest BCUT2D eigenvalue weighted by atomic mass is 9.98. The van der Waals surface area contributed by atoms with Crippen LogP contribution in [0.2, 0.25) is 0 Å². The first-order valence-corrected chi connectivity index (χ1v) is 14.5. The summed E-state index contributed by atoms with van der Waals surface area (Å²) in [5, 5.41) is 18.9. The van der Waals surface area contributed by atoms with Crippen molar-refractivity contribution in [1.29, 1.82) is 0 Å². The van der Waals surface area contributed by atoms with E-state index in [9.17, 15) is 42.3 Å². The second-order valence-corrected chi connectivity index (χ2v) is 12.0. The number of piperidine rings is 1. The average Bonchev–Trinajstić information content (AvgIpc) is 3.56. The molecule has 1 aromatic heterocycles. The molecule has 2 aromatic carbocycles. The zero-order valence-electron chi connectivity index (χ0n) is 25.0. The number of nitrogens with zero attached hydrogens (tertiary/aromatic N) is 4. The largest absolute Gasteiger partial charge is 0.506 e. The number of aromatic nitrogens is 2. The molecule has 15 heteroatoms. The number of phenols is 1. The third-order valence-electron chi connectivity index (χ3n) is 8.37. The van der Waals surface area contributed by atoms with Crippen LogP contribution in [0.4, 0.5) is 24.5 Å². The first kappa shape index (κ1) is 31.3. The molecule has 12 nitrogen and oxygen atoms in total. The fraction of sp³-hybridized carbons (Fsp3) is 0.312. The number of phenolic OH excluding ortho intramolecular Hbond substituents is 1. The van der Waals surface area contributed by atoms with Gasteiger partial charge < -0.3 is 15.3 Å². The predicted octanol–water partition coefficient (Wildman–Crippen LogP) is 2.87. The monoisotopic (exact) mass is 648 g/mol. The van der Waals surface area contributed by atoms with Gasteiger partial charge in [-0.3, -0.25) is 38.9 Å². The van der Waals surface area contributed by atoms with E-state index >= 15 is 0 Å². The summed E-state index contributed by atoms with van der Waals surface area (Å²) < 4.78 is 40.1. The van der Waals surface area contributed by atoms with Gasteiger partial charge in [0.1, 0.15) is 17.3 Å². The van der Waals surface area contributed by atoms with Gasteiger partial charge in [-0.25, -0.2) is 0 Å². The van der Waals surface area contributed by atoms with E-state index in [0.29, 0.717) is 30.4 Å². The number of aromatic hydroxyl groups is 1. The van der Waals surface area contributed by atoms with Crippen LogP contribution in [0.25, 0.3) is 0 Å². The van der Waals surface area contributed by atoms with E-state index < -0.39 is 58.6 Å². The first-order valence-electron chi connectivity index (χ1n) is 14.5. The normalized spacial score (nSPS) is 18.4. The summed E-state index contributed by atoms with van der Waals surface area (Å²) in [7, 11) is 0. The Labute approximate surface area is 265 Å². The molecule has 5 amide bonds. The Morgan fingerprint density at radius 3 is 2.45 bits per heavy atom. The molecule has 1 unspecified atom stereocenters. The van der Waals surface area contributed by atoms with Crippen LogP contribution >= 0.6 is 0 Å². The van der Waals surface area contributed by atoms with Crippen LogP contribution in [0.1, 0.15) is 58.5 Å². The molecule has 2 fully saturated rings. The number of imide groups is 2. The van der Waals surface area contributed by atoms with Crippen molar-refractivity contribution in [2.24, 2.45) is 5.92 Å². The molecule has 4 heterocycles. The molecule has 3 aromatic rings. The van der Waals surface area contributed by atoms with Crippen molar-refractivity contribution in [3.8, 4) is 17.6 Å². The summed E-state index contributed by atoms with van der Waals surface area (Å²) in [6.07, 6.45) is -1.49. The Balaban J connectivity index is 1.07. The van der Waals surface area contributed by atoms with Crippen molar-refractivity contribution in [2.45, 2.75) is 44.4 Å². The van der Waals surface area contributed by atoms with Crippen molar-refractivity contribution in [3.05, 3.63) is 71.0 Å². The van der Waals surface area contributed by atoms with E-state index in [-0.39, 0.29) is 35.6 Å². The van der Waals surface area contributed by atoms with Crippen LogP contribution in [0.3, 0.4) is 0 Å². The Kier molecular flexibility index (Phi) is 7.54. The molecular formula is C32H27F3N6O6. The maximum Gasteiger partial charge on any atom is 0.416 e. The molecule has 6 rings (SSSR count). The van der Waals surface area contributed by atoms with E-state index in [1.807, 2.05) is 4.90 Å². The number of hydrogen-bond acceptors (Lipinski definition) is 8. The van der Waals surface area contributed by atoms with Crippen molar-refractivity contribution < 1.29 is 42.3 Å². The maximum absolute atomic E-state index is 13.1. The van der Waals surface area contributed by atoms with Crippen LogP contribution in [0.5, 0.6) is 5.75 Å². The van der Waals surface area contributed by atoms with E-state index in [4.69, 9.17) is 0 Å². The number of alkyl halides is 3. The van der Waals surface area contributed by atoms with E-state index in [0.717, 1.165) is 17.0 Å². The average molecular weight is 649 g/mol. The van der Waals surface area contributed by atoms with Crippen LogP contribution in [-0.2, 0) is 26.1 Å². The van der Waals surface area contributed by atoms with Gasteiger partial charge in [0.25, 0.3) is 17.7 Å². The highest BCUT2D eigenvalue weighted by molar-refractivity contribution is 6.23. The highest BCUT2D eigenvalue weighted by atomic mass is 19.4. The van der Waals surface area contributed by atoms with Crippen molar-refractivity contribution >= 4 is 40.9 Å². The maximum atomic E-state index is 13.1. The Bertz CT molecular complexity index is 1920. The van der Waals surface area contributed by atoms with E-state index in [2.05, 4.69) is 27.6 Å². The molecule has 0 bridgehead atoms. The Morgan fingerprint density at radius 2 is 1.77 bits per heavy atom. The smallest absolute Gasteiger partial charge is 0.416 e. The SMILES string of the molecule is CC(C)(C(=O)Nc1ccc(C(F)(F)F)cc1O)n1cc(C#CC2CN(c3ccc4c(c3)C(=O)N(C3CCC(=O)NC3=O)C4=O)C2)cn1. The number of nitrogens with one attached hydrogen (secondary N) is 2. The fourth-order valence-electron chi connectivity index (χ4n) is 5.51. The molecule has 3 aliphatic rings. The molecule has 0 aliphatic carbocycles. The highest BCUT2D eigenvalue weighted by Gasteiger charge is 2.45. The Hall–Kier alpha value is -5.65. The van der Waals surface area contributed by atoms with E-state index in [1.54, 1.807) is 38.2 Å². The number of hydrogen-bond donors (Lipinski definition) is 3. The standard InChI is InChI=1S/C32H27F3N6O6/c1-31(2,30(47)37-23-8-5-19(11-25(23)42)32(33,34)35)40-16-17(13-36-40)3-4-18-14-39(15-18)20-6-7-21-22(12-20)29(46)41(28(21)45)24-9-10-26(43)38-27(24)44/h5-8,11-13,16,18,24,42H,9-10,14-15H2,1-2H3,(H,37,47)(H,38,43,44). The summed E-state index contributed by atoms with van der Waals surface area (Å²) >= 11 is 0. The predicted molar refractivity (Wildman–Crippen MR) is 159 cm³/mol. The summed E-state index contributed by atoms with van der Waals surface area (Å²) in [4.78, 5) is 65.8. The van der Waals surface area contributed by atoms with Gasteiger partial charge in [0, 0.05) is 31.4 Å². The van der Waals surface area contributed by atoms with Crippen LogP contribution < -0.4 is 15.5 Å². The van der Waals surface area contributed by atoms with Gasteiger partial charge in [0.15, 0.2) is 0 Å². The topological polar surface area (TPSA) is 154 Å². The molecule has 0 saturated carbocycles. The molecule has 47 heavy (non-hydrogen) atoms. The zero-order chi connectivity index (χ0) is 33.8.